The van der Waals surface area contributed by atoms with Gasteiger partial charge in [-0.25, -0.2) is 0 Å². The average Bonchev–Trinajstić information content (AvgIpc) is 2.58. The van der Waals surface area contributed by atoms with Crippen molar-refractivity contribution < 1.29 is 14.6 Å². The van der Waals surface area contributed by atoms with E-state index in [2.05, 4.69) is 13.2 Å². The van der Waals surface area contributed by atoms with Gasteiger partial charge in [0.05, 0.1) is 0 Å². The van der Waals surface area contributed by atoms with Crippen LogP contribution < -0.4 is 4.74 Å². The maximum atomic E-state index is 12.1. The summed E-state index contributed by atoms with van der Waals surface area (Å²) in [5.74, 6) is 0.745. The molecule has 1 N–H and O–H groups in total. The molecule has 0 saturated carbocycles. The Morgan fingerprint density at radius 3 is 2.50 bits per heavy atom. The number of rotatable bonds is 8. The zero-order valence-electron chi connectivity index (χ0n) is 15.5. The molecule has 0 aromatic heterocycles. The lowest BCUT2D eigenvalue weighted by Crippen LogP contribution is -2.11. The quantitative estimate of drug-likeness (QED) is 0.390. The fourth-order valence-electron chi connectivity index (χ4n) is 2.76. The molecule has 26 heavy (non-hydrogen) atoms. The van der Waals surface area contributed by atoms with Crippen LogP contribution in [0.4, 0.5) is 0 Å². The van der Waals surface area contributed by atoms with Crippen molar-refractivity contribution in [1.82, 2.24) is 0 Å². The van der Waals surface area contributed by atoms with Crippen LogP contribution in [0.1, 0.15) is 31.4 Å². The Kier molecular flexibility index (Phi) is 6.79. The Hall–Kier alpha value is -2.81. The van der Waals surface area contributed by atoms with Crippen LogP contribution in [0.2, 0.25) is 0 Å². The Morgan fingerprint density at radius 1 is 1.12 bits per heavy atom. The minimum atomic E-state index is -0.247. The van der Waals surface area contributed by atoms with Crippen molar-refractivity contribution in [3.63, 3.8) is 0 Å². The third-order valence-electron chi connectivity index (χ3n) is 3.98. The number of benzene rings is 2. The minimum Gasteiger partial charge on any atom is -0.508 e. The van der Waals surface area contributed by atoms with E-state index < -0.39 is 0 Å². The number of carbonyl (C=O) groups is 1. The van der Waals surface area contributed by atoms with E-state index in [9.17, 15) is 9.90 Å². The van der Waals surface area contributed by atoms with Crippen molar-refractivity contribution in [1.29, 1.82) is 0 Å². The summed E-state index contributed by atoms with van der Waals surface area (Å²) in [6.45, 7) is 11.5. The summed E-state index contributed by atoms with van der Waals surface area (Å²) in [4.78, 5) is 12.1. The number of phenolic OH excluding ortho intramolecular Hbond substituents is 1. The molecular weight excluding hydrogens is 324 g/mol. The topological polar surface area (TPSA) is 46.5 Å². The Labute approximate surface area is 155 Å². The first kappa shape index (κ1) is 19.5. The largest absolute Gasteiger partial charge is 0.508 e. The molecule has 2 rings (SSSR count). The first-order chi connectivity index (χ1) is 12.4. The predicted molar refractivity (Wildman–Crippen MR) is 106 cm³/mol. The molecule has 2 aromatic rings. The van der Waals surface area contributed by atoms with Crippen LogP contribution in [0, 0.1) is 5.92 Å². The molecule has 3 heteroatoms. The monoisotopic (exact) mass is 350 g/mol. The third kappa shape index (κ3) is 5.09. The number of ether oxygens (including phenoxy) is 1. The molecule has 0 aliphatic rings. The van der Waals surface area contributed by atoms with Gasteiger partial charge in [-0.05, 0) is 59.7 Å². The average molecular weight is 350 g/mol. The maximum absolute atomic E-state index is 12.1. The summed E-state index contributed by atoms with van der Waals surface area (Å²) < 4.78 is 5.63. The Balaban J connectivity index is 2.47. The number of phenols is 1. The van der Waals surface area contributed by atoms with Gasteiger partial charge in [0.25, 0.3) is 0 Å². The summed E-state index contributed by atoms with van der Waals surface area (Å²) >= 11 is 0. The zero-order chi connectivity index (χ0) is 19.1. The van der Waals surface area contributed by atoms with Gasteiger partial charge in [0.2, 0.25) is 0 Å². The summed E-state index contributed by atoms with van der Waals surface area (Å²) in [6, 6.07) is 11.2. The van der Waals surface area contributed by atoms with Crippen LogP contribution >= 0.6 is 0 Å². The van der Waals surface area contributed by atoms with E-state index in [-0.39, 0.29) is 17.6 Å². The molecule has 0 saturated heterocycles. The highest BCUT2D eigenvalue weighted by Crippen LogP contribution is 2.34. The van der Waals surface area contributed by atoms with E-state index in [0.29, 0.717) is 18.6 Å². The summed E-state index contributed by atoms with van der Waals surface area (Å²) in [7, 11) is 0. The number of hydrogen-bond acceptors (Lipinski definition) is 3. The van der Waals surface area contributed by atoms with Crippen molar-refractivity contribution in [3.05, 3.63) is 72.8 Å². The number of hydrogen-bond donors (Lipinski definition) is 1. The predicted octanol–water partition coefficient (Wildman–Crippen LogP) is 5.47. The SMILES string of the molecule is C=CCc1ccc(OC(=O)CC(C)C)c(-c2ccc(O)c(CC=C)c2)c1. The second-order valence-corrected chi connectivity index (χ2v) is 6.73. The van der Waals surface area contributed by atoms with Gasteiger partial charge < -0.3 is 9.84 Å². The van der Waals surface area contributed by atoms with Gasteiger partial charge in [0, 0.05) is 12.0 Å². The van der Waals surface area contributed by atoms with E-state index in [1.165, 1.54) is 0 Å². The molecule has 0 atom stereocenters. The molecule has 2 aromatic carbocycles. The molecule has 0 spiro atoms. The molecule has 136 valence electrons. The van der Waals surface area contributed by atoms with Crippen molar-refractivity contribution in [2.75, 3.05) is 0 Å². The molecule has 0 heterocycles. The van der Waals surface area contributed by atoms with E-state index >= 15 is 0 Å². The molecule has 0 amide bonds. The van der Waals surface area contributed by atoms with Gasteiger partial charge in [-0.3, -0.25) is 4.79 Å². The highest BCUT2D eigenvalue weighted by molar-refractivity contribution is 5.79. The fourth-order valence-corrected chi connectivity index (χ4v) is 2.76. The second-order valence-electron chi connectivity index (χ2n) is 6.73. The lowest BCUT2D eigenvalue weighted by Gasteiger charge is -2.14. The molecule has 0 unspecified atom stereocenters. The Bertz CT molecular complexity index is 803. The van der Waals surface area contributed by atoms with Crippen LogP contribution in [0.15, 0.2) is 61.7 Å². The second kappa shape index (κ2) is 9.04. The molecule has 0 aliphatic heterocycles. The first-order valence-corrected chi connectivity index (χ1v) is 8.82. The van der Waals surface area contributed by atoms with E-state index in [1.807, 2.05) is 50.3 Å². The number of aromatic hydroxyl groups is 1. The highest BCUT2D eigenvalue weighted by Gasteiger charge is 2.14. The van der Waals surface area contributed by atoms with Gasteiger partial charge in [-0.1, -0.05) is 38.1 Å². The maximum Gasteiger partial charge on any atom is 0.311 e. The molecular formula is C23H26O3. The van der Waals surface area contributed by atoms with Crippen molar-refractivity contribution in [3.8, 4) is 22.6 Å². The summed E-state index contributed by atoms with van der Waals surface area (Å²) in [6.07, 6.45) is 5.24. The van der Waals surface area contributed by atoms with E-state index in [1.54, 1.807) is 12.1 Å². The number of allylic oxidation sites excluding steroid dienone is 2. The smallest absolute Gasteiger partial charge is 0.311 e. The fraction of sp³-hybridized carbons (Fsp3) is 0.261. The minimum absolute atomic E-state index is 0.231. The van der Waals surface area contributed by atoms with Gasteiger partial charge in [0.1, 0.15) is 11.5 Å². The van der Waals surface area contributed by atoms with Crippen molar-refractivity contribution >= 4 is 5.97 Å². The van der Waals surface area contributed by atoms with Crippen LogP contribution in [0.25, 0.3) is 11.1 Å². The molecule has 0 bridgehead atoms. The zero-order valence-corrected chi connectivity index (χ0v) is 15.5. The lowest BCUT2D eigenvalue weighted by molar-refractivity contribution is -0.135. The highest BCUT2D eigenvalue weighted by atomic mass is 16.5. The van der Waals surface area contributed by atoms with Crippen LogP contribution in [-0.4, -0.2) is 11.1 Å². The van der Waals surface area contributed by atoms with Gasteiger partial charge >= 0.3 is 5.97 Å². The van der Waals surface area contributed by atoms with Crippen LogP contribution in [0.3, 0.4) is 0 Å². The molecule has 0 aliphatic carbocycles. The standard InChI is InChI=1S/C23H26O3/c1-5-7-17-9-12-22(26-23(25)13-16(3)4)20(14-17)18-10-11-21(24)19(15-18)8-6-2/h5-6,9-12,14-16,24H,1-2,7-8,13H2,3-4H3. The van der Waals surface area contributed by atoms with Crippen molar-refractivity contribution in [2.45, 2.75) is 33.1 Å². The first-order valence-electron chi connectivity index (χ1n) is 8.82. The van der Waals surface area contributed by atoms with E-state index in [0.717, 1.165) is 28.7 Å². The van der Waals surface area contributed by atoms with Crippen LogP contribution in [0.5, 0.6) is 11.5 Å². The normalized spacial score (nSPS) is 10.6. The molecule has 0 radical (unpaired) electrons. The van der Waals surface area contributed by atoms with Gasteiger partial charge in [-0.15, -0.1) is 13.2 Å². The molecule has 0 fully saturated rings. The van der Waals surface area contributed by atoms with E-state index in [4.69, 9.17) is 4.74 Å². The summed E-state index contributed by atoms with van der Waals surface area (Å²) in [5.41, 5.74) is 3.58. The van der Waals surface area contributed by atoms with Gasteiger partial charge in [0.15, 0.2) is 0 Å². The number of esters is 1. The Morgan fingerprint density at radius 2 is 1.85 bits per heavy atom. The number of carbonyl (C=O) groups excluding carboxylic acids is 1. The third-order valence-corrected chi connectivity index (χ3v) is 3.98. The van der Waals surface area contributed by atoms with Gasteiger partial charge in [-0.2, -0.15) is 0 Å². The van der Waals surface area contributed by atoms with Crippen molar-refractivity contribution in [2.24, 2.45) is 5.92 Å². The molecule has 3 nitrogen and oxygen atoms in total. The van der Waals surface area contributed by atoms with Crippen LogP contribution in [-0.2, 0) is 17.6 Å². The summed E-state index contributed by atoms with van der Waals surface area (Å²) in [5, 5.41) is 10.0. The lowest BCUT2D eigenvalue weighted by atomic mass is 9.97.